The zero-order valence-corrected chi connectivity index (χ0v) is 21.3. The number of pyridine rings is 1. The molecule has 5 N–H and O–H groups in total. The van der Waals surface area contributed by atoms with Crippen molar-refractivity contribution >= 4 is 22.7 Å². The summed E-state index contributed by atoms with van der Waals surface area (Å²) in [5.74, 6) is 0.765. The Kier molecular flexibility index (Phi) is 7.52. The highest BCUT2D eigenvalue weighted by molar-refractivity contribution is 6.00. The molecule has 9 heteroatoms. The third-order valence-corrected chi connectivity index (χ3v) is 6.05. The molecule has 4 aromatic rings. The molecule has 0 unspecified atom stereocenters. The van der Waals surface area contributed by atoms with Crippen molar-refractivity contribution in [1.29, 1.82) is 5.41 Å². The third-order valence-electron chi connectivity index (χ3n) is 6.05. The van der Waals surface area contributed by atoms with Crippen LogP contribution < -0.4 is 15.4 Å². The minimum atomic E-state index is -0.261. The van der Waals surface area contributed by atoms with E-state index in [0.29, 0.717) is 34.1 Å². The molecule has 0 aliphatic rings. The van der Waals surface area contributed by atoms with Crippen molar-refractivity contribution < 1.29 is 14.6 Å². The summed E-state index contributed by atoms with van der Waals surface area (Å²) in [6.07, 6.45) is 1.66. The number of imidazole rings is 1. The Morgan fingerprint density at radius 3 is 2.65 bits per heavy atom. The van der Waals surface area contributed by atoms with Gasteiger partial charge in [0.15, 0.2) is 0 Å². The number of phenols is 1. The van der Waals surface area contributed by atoms with Gasteiger partial charge in [-0.15, -0.1) is 0 Å². The number of phenolic OH excluding ortho intramolecular Hbond substituents is 1. The molecule has 0 bridgehead atoms. The van der Waals surface area contributed by atoms with Gasteiger partial charge in [0.1, 0.15) is 11.6 Å². The summed E-state index contributed by atoms with van der Waals surface area (Å²) in [5, 5.41) is 24.7. The normalized spacial score (nSPS) is 11.7. The van der Waals surface area contributed by atoms with E-state index in [4.69, 9.17) is 10.1 Å². The Balaban J connectivity index is 1.61. The highest BCUT2D eigenvalue weighted by atomic mass is 16.5. The van der Waals surface area contributed by atoms with E-state index < -0.39 is 0 Å². The van der Waals surface area contributed by atoms with Gasteiger partial charge >= 0.3 is 0 Å². The highest BCUT2D eigenvalue weighted by Crippen LogP contribution is 2.35. The fraction of sp³-hybridized carbons (Fsp3) is 0.214. The van der Waals surface area contributed by atoms with E-state index in [-0.39, 0.29) is 18.2 Å². The first kappa shape index (κ1) is 25.4. The lowest BCUT2D eigenvalue weighted by Crippen LogP contribution is -2.29. The maximum absolute atomic E-state index is 12.9. The molecule has 190 valence electrons. The van der Waals surface area contributed by atoms with Crippen LogP contribution in [0.5, 0.6) is 11.6 Å². The Hall–Kier alpha value is -4.66. The predicted molar refractivity (Wildman–Crippen MR) is 145 cm³/mol. The zero-order valence-electron chi connectivity index (χ0n) is 21.3. The lowest BCUT2D eigenvalue weighted by atomic mass is 10.0. The number of nitrogens with zero attached hydrogens (tertiary/aromatic N) is 2. The number of aromatic nitrogens is 3. The first-order chi connectivity index (χ1) is 17.8. The third kappa shape index (κ3) is 5.45. The molecule has 1 amide bonds. The molecule has 9 nitrogen and oxygen atoms in total. The summed E-state index contributed by atoms with van der Waals surface area (Å²) in [6, 6.07) is 14.1. The Morgan fingerprint density at radius 1 is 1.11 bits per heavy atom. The van der Waals surface area contributed by atoms with Crippen molar-refractivity contribution in [3.63, 3.8) is 0 Å². The summed E-state index contributed by atoms with van der Waals surface area (Å²) in [6.45, 7) is 6.57. The molecular formula is C28H30N6O3. The van der Waals surface area contributed by atoms with E-state index in [9.17, 15) is 9.90 Å². The van der Waals surface area contributed by atoms with Crippen molar-refractivity contribution in [1.82, 2.24) is 25.6 Å². The Labute approximate surface area is 215 Å². The first-order valence-electron chi connectivity index (χ1n) is 11.9. The number of aromatic hydroxyl groups is 1. The molecule has 0 saturated heterocycles. The van der Waals surface area contributed by atoms with Crippen LogP contribution in [0.1, 0.15) is 31.1 Å². The van der Waals surface area contributed by atoms with Crippen LogP contribution in [-0.4, -0.2) is 51.9 Å². The van der Waals surface area contributed by atoms with Crippen molar-refractivity contribution in [2.45, 2.75) is 20.8 Å². The van der Waals surface area contributed by atoms with E-state index in [1.165, 1.54) is 0 Å². The molecule has 37 heavy (non-hydrogen) atoms. The average Bonchev–Trinajstić information content (AvgIpc) is 3.32. The minimum Gasteiger partial charge on any atom is -0.507 e. The number of carbonyl (C=O) groups is 1. The van der Waals surface area contributed by atoms with Crippen LogP contribution in [0.25, 0.3) is 33.5 Å². The highest BCUT2D eigenvalue weighted by Gasteiger charge is 2.16. The van der Waals surface area contributed by atoms with Crippen LogP contribution in [0.3, 0.4) is 0 Å². The number of fused-ring (bicyclic) bond motifs is 1. The van der Waals surface area contributed by atoms with E-state index in [1.54, 1.807) is 50.6 Å². The van der Waals surface area contributed by atoms with Crippen molar-refractivity contribution in [3.8, 4) is 34.1 Å². The number of carbonyl (C=O) groups excluding carboxylic acids is 1. The molecule has 0 aliphatic heterocycles. The van der Waals surface area contributed by atoms with Gasteiger partial charge < -0.3 is 30.9 Å². The maximum Gasteiger partial charge on any atom is 0.251 e. The van der Waals surface area contributed by atoms with Gasteiger partial charge in [0, 0.05) is 47.4 Å². The fourth-order valence-corrected chi connectivity index (χ4v) is 4.13. The summed E-state index contributed by atoms with van der Waals surface area (Å²) in [5.41, 5.74) is 5.91. The van der Waals surface area contributed by atoms with Crippen LogP contribution in [0, 0.1) is 5.41 Å². The Bertz CT molecular complexity index is 1510. The number of H-pyrrole nitrogens is 1. The number of rotatable bonds is 9. The first-order valence-corrected chi connectivity index (χ1v) is 11.9. The number of amides is 1. The summed E-state index contributed by atoms with van der Waals surface area (Å²) < 4.78 is 5.38. The summed E-state index contributed by atoms with van der Waals surface area (Å²) >= 11 is 0. The lowest BCUT2D eigenvalue weighted by molar-refractivity contribution is 0.0957. The monoisotopic (exact) mass is 498 g/mol. The molecule has 0 radical (unpaired) electrons. The number of hydrogen-bond acceptors (Lipinski definition) is 7. The lowest BCUT2D eigenvalue weighted by Gasteiger charge is -2.13. The second-order valence-electron chi connectivity index (χ2n) is 8.55. The number of ether oxygens (including phenoxy) is 1. The van der Waals surface area contributed by atoms with Crippen LogP contribution >= 0.6 is 0 Å². The average molecular weight is 499 g/mol. The minimum absolute atomic E-state index is 0.0704. The second kappa shape index (κ2) is 10.9. The van der Waals surface area contributed by atoms with Crippen LogP contribution in [0.4, 0.5) is 0 Å². The zero-order chi connectivity index (χ0) is 26.5. The quantitative estimate of drug-likeness (QED) is 0.213. The van der Waals surface area contributed by atoms with Crippen molar-refractivity contribution in [2.24, 2.45) is 0 Å². The number of aromatic amines is 1. The number of allylic oxidation sites excluding steroid dienone is 1. The van der Waals surface area contributed by atoms with Crippen molar-refractivity contribution in [3.05, 3.63) is 71.6 Å². The fourth-order valence-electron chi connectivity index (χ4n) is 4.13. The SMILES string of the molecule is CCN/C(C)=C(/CNC(=O)c1ccc2[nH]c(-c3cc(-c4cccnc4OC)ccc3O)nc2c1)C(C)=N. The molecule has 0 spiro atoms. The molecule has 0 saturated carbocycles. The van der Waals surface area contributed by atoms with E-state index in [0.717, 1.165) is 34.5 Å². The number of hydrogen-bond donors (Lipinski definition) is 5. The molecular weight excluding hydrogens is 468 g/mol. The van der Waals surface area contributed by atoms with Crippen molar-refractivity contribution in [2.75, 3.05) is 20.2 Å². The standard InChI is InChI=1S/C28H30N6O3/c1-5-30-17(3)22(16(2)29)15-32-27(36)19-8-10-23-24(14-19)34-26(33-23)21-13-18(9-11-25(21)35)20-7-6-12-31-28(20)37-4/h6-14,29-30,35H,5,15H2,1-4H3,(H,32,36)(H,33,34)/b22-17-,29-16?. The number of methoxy groups -OCH3 is 1. The van der Waals surface area contributed by atoms with Crippen LogP contribution in [0.15, 0.2) is 66.0 Å². The van der Waals surface area contributed by atoms with E-state index in [1.807, 2.05) is 32.0 Å². The van der Waals surface area contributed by atoms with Gasteiger partial charge in [-0.1, -0.05) is 6.07 Å². The largest absolute Gasteiger partial charge is 0.507 e. The Morgan fingerprint density at radius 2 is 1.92 bits per heavy atom. The van der Waals surface area contributed by atoms with Gasteiger partial charge in [-0.05, 0) is 68.8 Å². The summed E-state index contributed by atoms with van der Waals surface area (Å²) in [7, 11) is 1.56. The molecule has 2 aromatic carbocycles. The molecule has 2 aromatic heterocycles. The van der Waals surface area contributed by atoms with Gasteiger partial charge in [0.05, 0.1) is 23.7 Å². The predicted octanol–water partition coefficient (Wildman–Crippen LogP) is 4.66. The molecule has 4 rings (SSSR count). The molecule has 0 aliphatic carbocycles. The topological polar surface area (TPSA) is 136 Å². The van der Waals surface area contributed by atoms with Crippen LogP contribution in [-0.2, 0) is 0 Å². The number of nitrogens with one attached hydrogen (secondary N) is 4. The maximum atomic E-state index is 12.9. The molecule has 0 atom stereocenters. The number of benzene rings is 2. The molecule has 0 fully saturated rings. The van der Waals surface area contributed by atoms with E-state index in [2.05, 4.69) is 25.6 Å². The molecule has 2 heterocycles. The van der Waals surface area contributed by atoms with Gasteiger partial charge in [0.25, 0.3) is 5.91 Å². The van der Waals surface area contributed by atoms with E-state index >= 15 is 0 Å². The van der Waals surface area contributed by atoms with Crippen LogP contribution in [0.2, 0.25) is 0 Å². The van der Waals surface area contributed by atoms with Gasteiger partial charge in [-0.2, -0.15) is 0 Å². The van der Waals surface area contributed by atoms with Gasteiger partial charge in [0.2, 0.25) is 5.88 Å². The van der Waals surface area contributed by atoms with Gasteiger partial charge in [-0.25, -0.2) is 9.97 Å². The smallest absolute Gasteiger partial charge is 0.251 e. The second-order valence-corrected chi connectivity index (χ2v) is 8.55. The summed E-state index contributed by atoms with van der Waals surface area (Å²) in [4.78, 5) is 25.0. The van der Waals surface area contributed by atoms with Gasteiger partial charge in [-0.3, -0.25) is 4.79 Å².